The summed E-state index contributed by atoms with van der Waals surface area (Å²) in [5, 5.41) is 5.43. The fraction of sp³-hybridized carbons (Fsp3) is 0.350. The normalized spacial score (nSPS) is 15.5. The van der Waals surface area contributed by atoms with Gasteiger partial charge in [0, 0.05) is 12.1 Å². The summed E-state index contributed by atoms with van der Waals surface area (Å²) in [7, 11) is 1.65. The topological polar surface area (TPSA) is 53.6 Å². The molecule has 1 heterocycles. The first-order chi connectivity index (χ1) is 12.7. The number of rotatable bonds is 6. The molecule has 1 aliphatic rings. The van der Waals surface area contributed by atoms with Crippen molar-refractivity contribution in [3.63, 3.8) is 0 Å². The Balaban J connectivity index is 1.70. The van der Waals surface area contributed by atoms with Crippen LogP contribution in [-0.2, 0) is 0 Å². The third-order valence-corrected chi connectivity index (χ3v) is 4.66. The molecule has 2 amide bonds. The van der Waals surface area contributed by atoms with Crippen molar-refractivity contribution in [1.29, 1.82) is 0 Å². The lowest BCUT2D eigenvalue weighted by Gasteiger charge is -2.29. The van der Waals surface area contributed by atoms with E-state index < -0.39 is 11.8 Å². The average molecular weight is 357 g/mol. The van der Waals surface area contributed by atoms with E-state index >= 15 is 0 Å². The number of amides is 2. The van der Waals surface area contributed by atoms with Gasteiger partial charge in [-0.25, -0.2) is 9.18 Å². The summed E-state index contributed by atoms with van der Waals surface area (Å²) in [6, 6.07) is 13.6. The number of ether oxygens (including phenoxy) is 1. The van der Waals surface area contributed by atoms with Crippen LogP contribution in [0, 0.1) is 5.82 Å². The summed E-state index contributed by atoms with van der Waals surface area (Å²) in [6.07, 6.45) is 2.29. The molecule has 0 spiro atoms. The van der Waals surface area contributed by atoms with Crippen LogP contribution in [-0.4, -0.2) is 37.7 Å². The van der Waals surface area contributed by atoms with Crippen LogP contribution >= 0.6 is 0 Å². The summed E-state index contributed by atoms with van der Waals surface area (Å²) in [5.74, 6) is 0.351. The van der Waals surface area contributed by atoms with Gasteiger partial charge in [0.05, 0.1) is 18.8 Å². The maximum atomic E-state index is 13.7. The highest BCUT2D eigenvalue weighted by Crippen LogP contribution is 2.31. The van der Waals surface area contributed by atoms with E-state index in [4.69, 9.17) is 4.74 Å². The Morgan fingerprint density at radius 2 is 1.85 bits per heavy atom. The number of benzene rings is 2. The van der Waals surface area contributed by atoms with Gasteiger partial charge in [-0.3, -0.25) is 4.90 Å². The van der Waals surface area contributed by atoms with Gasteiger partial charge in [-0.05, 0) is 44.1 Å². The molecule has 138 valence electrons. The summed E-state index contributed by atoms with van der Waals surface area (Å²) in [5.41, 5.74) is 1.21. The number of methoxy groups -OCH3 is 1. The van der Waals surface area contributed by atoms with Gasteiger partial charge in [0.25, 0.3) is 0 Å². The number of para-hydroxylation sites is 2. The molecule has 3 rings (SSSR count). The minimum absolute atomic E-state index is 0.0139. The first-order valence-corrected chi connectivity index (χ1v) is 8.85. The molecule has 0 aliphatic carbocycles. The second-order valence-corrected chi connectivity index (χ2v) is 6.32. The zero-order chi connectivity index (χ0) is 18.4. The predicted molar refractivity (Wildman–Crippen MR) is 100.0 cm³/mol. The number of halogens is 1. The van der Waals surface area contributed by atoms with E-state index in [9.17, 15) is 9.18 Å². The van der Waals surface area contributed by atoms with E-state index in [1.807, 2.05) is 24.3 Å². The van der Waals surface area contributed by atoms with Crippen molar-refractivity contribution in [1.82, 2.24) is 10.2 Å². The van der Waals surface area contributed by atoms with Crippen molar-refractivity contribution in [3.05, 3.63) is 59.9 Å². The number of hydrogen-bond donors (Lipinski definition) is 2. The van der Waals surface area contributed by atoms with Gasteiger partial charge in [-0.15, -0.1) is 0 Å². The first-order valence-electron chi connectivity index (χ1n) is 8.85. The average Bonchev–Trinajstić information content (AvgIpc) is 3.19. The lowest BCUT2D eigenvalue weighted by Crippen LogP contribution is -2.38. The molecule has 5 nitrogen and oxygen atoms in total. The molecule has 1 saturated heterocycles. The second-order valence-electron chi connectivity index (χ2n) is 6.32. The number of hydrogen-bond acceptors (Lipinski definition) is 3. The molecule has 2 aromatic carbocycles. The molecule has 0 saturated carbocycles. The molecule has 1 aliphatic heterocycles. The van der Waals surface area contributed by atoms with Gasteiger partial charge in [0.15, 0.2) is 0 Å². The standard InChI is InChI=1S/C20H24FN3O2/c1-26-19-11-5-2-8-15(19)18(24-12-6-7-13-24)14-22-20(25)23-17-10-4-3-9-16(17)21/h2-5,8-11,18H,6-7,12-14H2,1H3,(H2,22,23,25)/t18-/m1/s1. The van der Waals surface area contributed by atoms with Crippen LogP contribution in [0.4, 0.5) is 14.9 Å². The Hall–Kier alpha value is -2.60. The highest BCUT2D eigenvalue weighted by Gasteiger charge is 2.26. The smallest absolute Gasteiger partial charge is 0.319 e. The van der Waals surface area contributed by atoms with Crippen LogP contribution in [0.2, 0.25) is 0 Å². The fourth-order valence-corrected chi connectivity index (χ4v) is 3.35. The summed E-state index contributed by atoms with van der Waals surface area (Å²) >= 11 is 0. The van der Waals surface area contributed by atoms with Gasteiger partial charge >= 0.3 is 6.03 Å². The maximum absolute atomic E-state index is 13.7. The van der Waals surface area contributed by atoms with Crippen molar-refractivity contribution >= 4 is 11.7 Å². The number of likely N-dealkylation sites (tertiary alicyclic amines) is 1. The maximum Gasteiger partial charge on any atom is 0.319 e. The van der Waals surface area contributed by atoms with Crippen LogP contribution in [0.25, 0.3) is 0 Å². The highest BCUT2D eigenvalue weighted by atomic mass is 19.1. The van der Waals surface area contributed by atoms with Crippen molar-refractivity contribution in [2.45, 2.75) is 18.9 Å². The molecule has 0 aromatic heterocycles. The second kappa shape index (κ2) is 8.67. The van der Waals surface area contributed by atoms with Crippen molar-refractivity contribution < 1.29 is 13.9 Å². The predicted octanol–water partition coefficient (Wildman–Crippen LogP) is 3.79. The third-order valence-electron chi connectivity index (χ3n) is 4.66. The molecular formula is C20H24FN3O2. The number of carbonyl (C=O) groups excluding carboxylic acids is 1. The van der Waals surface area contributed by atoms with Crippen LogP contribution in [0.5, 0.6) is 5.75 Å². The molecule has 26 heavy (non-hydrogen) atoms. The lowest BCUT2D eigenvalue weighted by molar-refractivity contribution is 0.224. The molecule has 2 aromatic rings. The molecule has 0 radical (unpaired) electrons. The van der Waals surface area contributed by atoms with Gasteiger partial charge < -0.3 is 15.4 Å². The van der Waals surface area contributed by atoms with E-state index in [-0.39, 0.29) is 11.7 Å². The van der Waals surface area contributed by atoms with Crippen LogP contribution in [0.3, 0.4) is 0 Å². The van der Waals surface area contributed by atoms with E-state index in [0.717, 1.165) is 37.2 Å². The largest absolute Gasteiger partial charge is 0.496 e. The van der Waals surface area contributed by atoms with E-state index in [1.165, 1.54) is 12.1 Å². The first kappa shape index (κ1) is 18.2. The van der Waals surface area contributed by atoms with Crippen molar-refractivity contribution in [3.8, 4) is 5.75 Å². The number of anilines is 1. The lowest BCUT2D eigenvalue weighted by atomic mass is 10.0. The summed E-state index contributed by atoms with van der Waals surface area (Å²) in [6.45, 7) is 2.39. The Labute approximate surface area is 153 Å². The van der Waals surface area contributed by atoms with Gasteiger partial charge in [-0.2, -0.15) is 0 Å². The number of carbonyl (C=O) groups is 1. The van der Waals surface area contributed by atoms with Crippen molar-refractivity contribution in [2.75, 3.05) is 32.1 Å². The van der Waals surface area contributed by atoms with E-state index in [0.29, 0.717) is 6.54 Å². The van der Waals surface area contributed by atoms with E-state index in [2.05, 4.69) is 15.5 Å². The SMILES string of the molecule is COc1ccccc1[C@@H](CNC(=O)Nc1ccccc1F)N1CCCC1. The summed E-state index contributed by atoms with van der Waals surface area (Å²) < 4.78 is 19.2. The minimum atomic E-state index is -0.455. The Morgan fingerprint density at radius 1 is 1.15 bits per heavy atom. The number of nitrogens with one attached hydrogen (secondary N) is 2. The number of nitrogens with zero attached hydrogens (tertiary/aromatic N) is 1. The van der Waals surface area contributed by atoms with Gasteiger partial charge in [0.2, 0.25) is 0 Å². The Morgan fingerprint density at radius 3 is 2.58 bits per heavy atom. The molecule has 0 bridgehead atoms. The van der Waals surface area contributed by atoms with Crippen LogP contribution < -0.4 is 15.4 Å². The highest BCUT2D eigenvalue weighted by molar-refractivity contribution is 5.89. The summed E-state index contributed by atoms with van der Waals surface area (Å²) in [4.78, 5) is 14.6. The minimum Gasteiger partial charge on any atom is -0.496 e. The van der Waals surface area contributed by atoms with E-state index in [1.54, 1.807) is 19.2 Å². The fourth-order valence-electron chi connectivity index (χ4n) is 3.35. The molecule has 1 fully saturated rings. The van der Waals surface area contributed by atoms with Crippen LogP contribution in [0.1, 0.15) is 24.4 Å². The third kappa shape index (κ3) is 4.32. The molecular weight excluding hydrogens is 333 g/mol. The van der Waals surface area contributed by atoms with Crippen molar-refractivity contribution in [2.24, 2.45) is 0 Å². The molecule has 2 N–H and O–H groups in total. The molecule has 0 unspecified atom stereocenters. The van der Waals surface area contributed by atoms with Gasteiger partial charge in [-0.1, -0.05) is 30.3 Å². The monoisotopic (exact) mass is 357 g/mol. The van der Waals surface area contributed by atoms with Gasteiger partial charge in [0.1, 0.15) is 11.6 Å². The zero-order valence-corrected chi connectivity index (χ0v) is 14.9. The molecule has 1 atom stereocenters. The van der Waals surface area contributed by atoms with Crippen LogP contribution in [0.15, 0.2) is 48.5 Å². The quantitative estimate of drug-likeness (QED) is 0.827. The zero-order valence-electron chi connectivity index (χ0n) is 14.9. The number of urea groups is 1. The Kier molecular flexibility index (Phi) is 6.07. The molecule has 6 heteroatoms. The Bertz CT molecular complexity index is 747.